The fourth-order valence-electron chi connectivity index (χ4n) is 4.35. The molecule has 29 heavy (non-hydrogen) atoms. The molecule has 0 radical (unpaired) electrons. The molecule has 1 N–H and O–H groups in total. The lowest BCUT2D eigenvalue weighted by Gasteiger charge is -2.28. The number of rotatable bonds is 5. The molecule has 1 aromatic heterocycles. The summed E-state index contributed by atoms with van der Waals surface area (Å²) in [4.78, 5) is 22.8. The Hall–Kier alpha value is -2.70. The highest BCUT2D eigenvalue weighted by Gasteiger charge is 2.28. The predicted molar refractivity (Wildman–Crippen MR) is 110 cm³/mol. The minimum absolute atomic E-state index is 0.0714. The smallest absolute Gasteiger partial charge is 0.308 e. The second-order valence-corrected chi connectivity index (χ2v) is 7.86. The number of hydrogen-bond acceptors (Lipinski definition) is 6. The largest absolute Gasteiger partial charge is 0.469 e. The molecule has 154 valence electrons. The van der Waals surface area contributed by atoms with Gasteiger partial charge in [0.05, 0.1) is 19.2 Å². The zero-order chi connectivity index (χ0) is 20.2. The first-order valence-electron chi connectivity index (χ1n) is 10.4. The maximum Gasteiger partial charge on any atom is 0.308 e. The van der Waals surface area contributed by atoms with Crippen LogP contribution in [0.1, 0.15) is 38.5 Å². The van der Waals surface area contributed by atoms with Crippen molar-refractivity contribution in [2.24, 2.45) is 5.92 Å². The number of aromatic nitrogens is 2. The Morgan fingerprint density at radius 2 is 2.07 bits per heavy atom. The number of ether oxygens (including phenoxy) is 1. The zero-order valence-electron chi connectivity index (χ0n) is 16.7. The van der Waals surface area contributed by atoms with Crippen LogP contribution in [0, 0.1) is 11.7 Å². The van der Waals surface area contributed by atoms with Gasteiger partial charge in [-0.15, -0.1) is 0 Å². The molecule has 0 amide bonds. The summed E-state index contributed by atoms with van der Waals surface area (Å²) >= 11 is 0. The van der Waals surface area contributed by atoms with Gasteiger partial charge in [-0.1, -0.05) is 18.6 Å². The first kappa shape index (κ1) is 19.6. The Balaban J connectivity index is 1.52. The van der Waals surface area contributed by atoms with Gasteiger partial charge in [-0.2, -0.15) is 0 Å². The highest BCUT2D eigenvalue weighted by molar-refractivity contribution is 5.72. The van der Waals surface area contributed by atoms with E-state index in [4.69, 9.17) is 4.74 Å². The summed E-state index contributed by atoms with van der Waals surface area (Å²) in [5.74, 6) is -0.326. The van der Waals surface area contributed by atoms with Gasteiger partial charge in [-0.05, 0) is 44.2 Å². The molecule has 0 bridgehead atoms. The van der Waals surface area contributed by atoms with E-state index in [9.17, 15) is 9.18 Å². The van der Waals surface area contributed by atoms with Crippen LogP contribution >= 0.6 is 0 Å². The molecule has 2 aliphatic rings. The van der Waals surface area contributed by atoms with E-state index >= 15 is 0 Å². The van der Waals surface area contributed by atoms with Gasteiger partial charge in [0, 0.05) is 30.4 Å². The number of carbonyl (C=O) groups excluding carboxylic acids is 1. The van der Waals surface area contributed by atoms with E-state index in [1.165, 1.54) is 26.1 Å². The highest BCUT2D eigenvalue weighted by Crippen LogP contribution is 2.30. The summed E-state index contributed by atoms with van der Waals surface area (Å²) in [6, 6.07) is 7.95. The fourth-order valence-corrected chi connectivity index (χ4v) is 4.35. The van der Waals surface area contributed by atoms with Gasteiger partial charge in [-0.3, -0.25) is 4.79 Å². The topological polar surface area (TPSA) is 67.3 Å². The summed E-state index contributed by atoms with van der Waals surface area (Å²) in [7, 11) is 1.42. The molecule has 1 saturated heterocycles. The van der Waals surface area contributed by atoms with Crippen molar-refractivity contribution in [2.75, 3.05) is 30.4 Å². The monoisotopic (exact) mass is 398 g/mol. The minimum Gasteiger partial charge on any atom is -0.469 e. The lowest BCUT2D eigenvalue weighted by atomic mass is 9.86. The molecule has 2 aromatic rings. The van der Waals surface area contributed by atoms with Gasteiger partial charge in [0.15, 0.2) is 5.82 Å². The van der Waals surface area contributed by atoms with E-state index in [-0.39, 0.29) is 17.9 Å². The summed E-state index contributed by atoms with van der Waals surface area (Å²) in [6.45, 7) is 2.07. The zero-order valence-corrected chi connectivity index (χ0v) is 16.7. The number of nitrogens with zero attached hydrogens (tertiary/aromatic N) is 3. The highest BCUT2D eigenvalue weighted by atomic mass is 19.1. The Labute approximate surface area is 170 Å². The van der Waals surface area contributed by atoms with Crippen molar-refractivity contribution in [2.45, 2.75) is 44.6 Å². The molecule has 1 aliphatic heterocycles. The molecule has 2 heterocycles. The van der Waals surface area contributed by atoms with Crippen LogP contribution < -0.4 is 10.2 Å². The van der Waals surface area contributed by atoms with Gasteiger partial charge in [0.25, 0.3) is 0 Å². The Morgan fingerprint density at radius 3 is 2.86 bits per heavy atom. The van der Waals surface area contributed by atoms with E-state index in [1.54, 1.807) is 0 Å². The average Bonchev–Trinajstić information content (AvgIpc) is 3.30. The van der Waals surface area contributed by atoms with Crippen LogP contribution in [0.4, 0.5) is 16.0 Å². The molecule has 4 rings (SSSR count). The molecular weight excluding hydrogens is 371 g/mol. The molecule has 1 aromatic carbocycles. The third-order valence-corrected chi connectivity index (χ3v) is 5.88. The van der Waals surface area contributed by atoms with Gasteiger partial charge in [-0.25, -0.2) is 14.4 Å². The lowest BCUT2D eigenvalue weighted by molar-refractivity contribution is -0.146. The minimum atomic E-state index is -0.440. The molecule has 1 aliphatic carbocycles. The molecule has 2 atom stereocenters. The first-order chi connectivity index (χ1) is 14.1. The van der Waals surface area contributed by atoms with Crippen LogP contribution in [0.15, 0.2) is 30.5 Å². The van der Waals surface area contributed by atoms with Crippen LogP contribution in [-0.2, 0) is 9.53 Å². The van der Waals surface area contributed by atoms with Crippen molar-refractivity contribution < 1.29 is 13.9 Å². The van der Waals surface area contributed by atoms with Crippen molar-refractivity contribution in [1.82, 2.24) is 9.97 Å². The summed E-state index contributed by atoms with van der Waals surface area (Å²) in [5, 5.41) is 3.29. The van der Waals surface area contributed by atoms with Crippen LogP contribution in [0.2, 0.25) is 0 Å². The van der Waals surface area contributed by atoms with E-state index in [0.29, 0.717) is 18.1 Å². The van der Waals surface area contributed by atoms with Crippen LogP contribution in [-0.4, -0.2) is 42.2 Å². The van der Waals surface area contributed by atoms with Crippen molar-refractivity contribution in [3.8, 4) is 11.3 Å². The number of esters is 1. The molecule has 2 fully saturated rings. The molecule has 0 unspecified atom stereocenters. The van der Waals surface area contributed by atoms with Crippen LogP contribution in [0.5, 0.6) is 0 Å². The van der Waals surface area contributed by atoms with E-state index in [1.807, 2.05) is 18.2 Å². The SMILES string of the molecule is COC(=O)[C@H]1CCC[C@@H](Nc2ncc(F)c(-c3cccc(N4CCCC4)c3)n2)C1. The third-order valence-electron chi connectivity index (χ3n) is 5.88. The number of hydrogen-bond donors (Lipinski definition) is 1. The summed E-state index contributed by atoms with van der Waals surface area (Å²) in [6.07, 6.45) is 6.96. The van der Waals surface area contributed by atoms with Gasteiger partial charge >= 0.3 is 5.97 Å². The number of anilines is 2. The van der Waals surface area contributed by atoms with Gasteiger partial charge in [0.1, 0.15) is 5.69 Å². The number of nitrogens with one attached hydrogen (secondary N) is 1. The molecule has 1 saturated carbocycles. The van der Waals surface area contributed by atoms with Crippen molar-refractivity contribution in [1.29, 1.82) is 0 Å². The normalized spacial score (nSPS) is 21.8. The van der Waals surface area contributed by atoms with E-state index in [2.05, 4.69) is 26.3 Å². The fraction of sp³-hybridized carbons (Fsp3) is 0.500. The quantitative estimate of drug-likeness (QED) is 0.767. The third kappa shape index (κ3) is 4.49. The van der Waals surface area contributed by atoms with Crippen LogP contribution in [0.3, 0.4) is 0 Å². The standard InChI is InChI=1S/C22H27FN4O2/c1-29-21(28)16-7-4-8-17(12-16)25-22-24-14-19(23)20(26-22)15-6-5-9-18(13-15)27-10-2-3-11-27/h5-6,9,13-14,16-17H,2-4,7-8,10-12H2,1H3,(H,24,25,26)/t16-,17+/m0/s1. The first-order valence-corrected chi connectivity index (χ1v) is 10.4. The molecule has 0 spiro atoms. The molecule has 7 heteroatoms. The Bertz CT molecular complexity index is 870. The second kappa shape index (κ2) is 8.76. The summed E-state index contributed by atoms with van der Waals surface area (Å²) in [5.41, 5.74) is 2.14. The maximum absolute atomic E-state index is 14.5. The number of halogens is 1. The van der Waals surface area contributed by atoms with Gasteiger partial charge in [0.2, 0.25) is 5.95 Å². The van der Waals surface area contributed by atoms with E-state index in [0.717, 1.165) is 43.6 Å². The van der Waals surface area contributed by atoms with Crippen molar-refractivity contribution >= 4 is 17.6 Å². The Morgan fingerprint density at radius 1 is 1.24 bits per heavy atom. The van der Waals surface area contributed by atoms with Gasteiger partial charge < -0.3 is 15.0 Å². The molecular formula is C22H27FN4O2. The Kier molecular flexibility index (Phi) is 5.92. The van der Waals surface area contributed by atoms with Crippen molar-refractivity contribution in [3.63, 3.8) is 0 Å². The number of carbonyl (C=O) groups is 1. The van der Waals surface area contributed by atoms with Crippen molar-refractivity contribution in [3.05, 3.63) is 36.3 Å². The predicted octanol–water partition coefficient (Wildman–Crippen LogP) is 4.03. The van der Waals surface area contributed by atoms with E-state index < -0.39 is 5.82 Å². The summed E-state index contributed by atoms with van der Waals surface area (Å²) < 4.78 is 19.4. The number of methoxy groups -OCH3 is 1. The second-order valence-electron chi connectivity index (χ2n) is 7.86. The average molecular weight is 398 g/mol. The van der Waals surface area contributed by atoms with Crippen LogP contribution in [0.25, 0.3) is 11.3 Å². The maximum atomic E-state index is 14.5. The number of benzene rings is 1. The molecule has 6 nitrogen and oxygen atoms in total. The lowest BCUT2D eigenvalue weighted by Crippen LogP contribution is -2.32.